The van der Waals surface area contributed by atoms with Crippen molar-refractivity contribution < 1.29 is 9.18 Å². The fourth-order valence-corrected chi connectivity index (χ4v) is 3.47. The minimum Gasteiger partial charge on any atom is -0.350 e. The summed E-state index contributed by atoms with van der Waals surface area (Å²) in [4.78, 5) is 13.7. The second-order valence-electron chi connectivity index (χ2n) is 5.02. The molecule has 1 aliphatic heterocycles. The fraction of sp³-hybridized carbons (Fsp3) is 0.125. The Labute approximate surface area is 142 Å². The van der Waals surface area contributed by atoms with Crippen molar-refractivity contribution in [3.05, 3.63) is 63.7 Å². The quantitative estimate of drug-likeness (QED) is 0.746. The Kier molecular flexibility index (Phi) is 4.40. The lowest BCUT2D eigenvalue weighted by atomic mass is 10.0. The summed E-state index contributed by atoms with van der Waals surface area (Å²) in [7, 11) is 0. The largest absolute Gasteiger partial charge is 0.350 e. The van der Waals surface area contributed by atoms with Crippen LogP contribution in [0.15, 0.2) is 53.0 Å². The molecule has 23 heavy (non-hydrogen) atoms. The zero-order valence-corrected chi connectivity index (χ0v) is 13.9. The van der Waals surface area contributed by atoms with Crippen molar-refractivity contribution in [1.29, 1.82) is 0 Å². The summed E-state index contributed by atoms with van der Waals surface area (Å²) in [5.74, 6) is -0.840. The first kappa shape index (κ1) is 15.6. The zero-order chi connectivity index (χ0) is 16.4. The molecule has 7 heteroatoms. The van der Waals surface area contributed by atoms with Gasteiger partial charge in [0.1, 0.15) is 5.82 Å². The molecule has 1 aromatic heterocycles. The molecule has 2 aromatic rings. The van der Waals surface area contributed by atoms with Crippen molar-refractivity contribution in [3.8, 4) is 0 Å². The number of hydrogen-bond donors (Lipinski definition) is 3. The van der Waals surface area contributed by atoms with Crippen LogP contribution < -0.4 is 16.0 Å². The monoisotopic (exact) mass is 347 g/mol. The Morgan fingerprint density at radius 2 is 2.09 bits per heavy atom. The molecule has 3 N–H and O–H groups in total. The Hall–Kier alpha value is -2.25. The van der Waals surface area contributed by atoms with Crippen molar-refractivity contribution in [2.45, 2.75) is 13.0 Å². The number of amides is 1. The molecular formula is C16H14FN3OS2. The maximum Gasteiger partial charge on any atom is 0.255 e. The van der Waals surface area contributed by atoms with Crippen molar-refractivity contribution in [1.82, 2.24) is 10.6 Å². The fourth-order valence-electron chi connectivity index (χ4n) is 2.42. The maximum absolute atomic E-state index is 13.8. The third kappa shape index (κ3) is 3.25. The van der Waals surface area contributed by atoms with E-state index < -0.39 is 5.82 Å². The van der Waals surface area contributed by atoms with Crippen LogP contribution in [0.1, 0.15) is 17.8 Å². The van der Waals surface area contributed by atoms with Gasteiger partial charge in [0.15, 0.2) is 5.11 Å². The summed E-state index contributed by atoms with van der Waals surface area (Å²) < 4.78 is 13.8. The molecule has 3 rings (SSSR count). The molecule has 0 bridgehead atoms. The van der Waals surface area contributed by atoms with Crippen LogP contribution in [-0.2, 0) is 4.79 Å². The van der Waals surface area contributed by atoms with E-state index in [4.69, 9.17) is 12.2 Å². The van der Waals surface area contributed by atoms with E-state index in [9.17, 15) is 9.18 Å². The number of para-hydroxylation sites is 1. The Bertz CT molecular complexity index is 786. The van der Waals surface area contributed by atoms with E-state index >= 15 is 0 Å². The maximum atomic E-state index is 13.8. The highest BCUT2D eigenvalue weighted by atomic mass is 32.1. The lowest BCUT2D eigenvalue weighted by Crippen LogP contribution is -2.45. The summed E-state index contributed by atoms with van der Waals surface area (Å²) in [6.45, 7) is 1.78. The van der Waals surface area contributed by atoms with Gasteiger partial charge in [0, 0.05) is 10.6 Å². The van der Waals surface area contributed by atoms with E-state index in [1.54, 1.807) is 19.1 Å². The second-order valence-corrected chi connectivity index (χ2v) is 6.41. The summed E-state index contributed by atoms with van der Waals surface area (Å²) in [5, 5.41) is 11.1. The van der Waals surface area contributed by atoms with E-state index in [1.165, 1.54) is 23.5 Å². The number of benzene rings is 1. The predicted molar refractivity (Wildman–Crippen MR) is 93.7 cm³/mol. The van der Waals surface area contributed by atoms with Gasteiger partial charge in [-0.15, -0.1) is 11.3 Å². The molecule has 1 aromatic carbocycles. The topological polar surface area (TPSA) is 53.2 Å². The number of rotatable bonds is 3. The normalized spacial score (nSPS) is 17.5. The molecule has 1 atom stereocenters. The second kappa shape index (κ2) is 6.47. The molecule has 0 unspecified atom stereocenters. The van der Waals surface area contributed by atoms with E-state index in [1.807, 2.05) is 17.5 Å². The third-order valence-corrected chi connectivity index (χ3v) is 4.62. The molecule has 0 fully saturated rings. The van der Waals surface area contributed by atoms with Crippen molar-refractivity contribution >= 4 is 40.3 Å². The van der Waals surface area contributed by atoms with Crippen molar-refractivity contribution in [2.24, 2.45) is 0 Å². The van der Waals surface area contributed by atoms with E-state index in [0.29, 0.717) is 16.4 Å². The van der Waals surface area contributed by atoms with Gasteiger partial charge in [-0.3, -0.25) is 4.79 Å². The Morgan fingerprint density at radius 3 is 2.78 bits per heavy atom. The number of carbonyl (C=O) groups is 1. The molecule has 0 spiro atoms. The third-order valence-electron chi connectivity index (χ3n) is 3.46. The first-order valence-corrected chi connectivity index (χ1v) is 8.22. The first-order valence-electron chi connectivity index (χ1n) is 6.94. The standard InChI is InChI=1S/C16H14FN3OS2/c1-9-13(15(21)19-11-6-3-2-5-10(11)17)14(20-16(22)18-9)12-7-4-8-23-12/h2-8,14H,1H3,(H,19,21)(H2,18,20,22)/t14-/m0/s1. The highest BCUT2D eigenvalue weighted by Crippen LogP contribution is 2.30. The number of anilines is 1. The van der Waals surface area contributed by atoms with Crippen LogP contribution >= 0.6 is 23.6 Å². The highest BCUT2D eigenvalue weighted by Gasteiger charge is 2.30. The predicted octanol–water partition coefficient (Wildman–Crippen LogP) is 3.32. The van der Waals surface area contributed by atoms with Gasteiger partial charge in [0.05, 0.1) is 17.3 Å². The van der Waals surface area contributed by atoms with Crippen LogP contribution in [-0.4, -0.2) is 11.0 Å². The van der Waals surface area contributed by atoms with Crippen molar-refractivity contribution in [3.63, 3.8) is 0 Å². The number of halogens is 1. The molecular weight excluding hydrogens is 333 g/mol. The van der Waals surface area contributed by atoms with Crippen LogP contribution in [0.4, 0.5) is 10.1 Å². The van der Waals surface area contributed by atoms with Gasteiger partial charge in [-0.05, 0) is 42.7 Å². The van der Waals surface area contributed by atoms with Crippen LogP contribution in [0.5, 0.6) is 0 Å². The van der Waals surface area contributed by atoms with E-state index in [2.05, 4.69) is 16.0 Å². The van der Waals surface area contributed by atoms with Gasteiger partial charge in [0.2, 0.25) is 0 Å². The minimum atomic E-state index is -0.473. The lowest BCUT2D eigenvalue weighted by molar-refractivity contribution is -0.113. The number of hydrogen-bond acceptors (Lipinski definition) is 3. The molecule has 0 saturated heterocycles. The van der Waals surface area contributed by atoms with Gasteiger partial charge in [-0.25, -0.2) is 4.39 Å². The van der Waals surface area contributed by atoms with Crippen LogP contribution in [0.3, 0.4) is 0 Å². The van der Waals surface area contributed by atoms with Gasteiger partial charge in [0.25, 0.3) is 5.91 Å². The van der Waals surface area contributed by atoms with E-state index in [0.717, 1.165) is 4.88 Å². The molecule has 2 heterocycles. The smallest absolute Gasteiger partial charge is 0.255 e. The van der Waals surface area contributed by atoms with Crippen LogP contribution in [0, 0.1) is 5.82 Å². The number of allylic oxidation sites excluding steroid dienone is 1. The average Bonchev–Trinajstić information content (AvgIpc) is 3.03. The average molecular weight is 347 g/mol. The molecule has 118 valence electrons. The van der Waals surface area contributed by atoms with E-state index in [-0.39, 0.29) is 17.6 Å². The highest BCUT2D eigenvalue weighted by molar-refractivity contribution is 7.80. The SMILES string of the molecule is CC1=C(C(=O)Nc2ccccc2F)[C@H](c2cccs2)NC(=S)N1. The molecule has 0 radical (unpaired) electrons. The first-order chi connectivity index (χ1) is 11.1. The van der Waals surface area contributed by atoms with Gasteiger partial charge >= 0.3 is 0 Å². The van der Waals surface area contributed by atoms with Crippen molar-refractivity contribution in [2.75, 3.05) is 5.32 Å². The van der Waals surface area contributed by atoms with Crippen LogP contribution in [0.2, 0.25) is 0 Å². The van der Waals surface area contributed by atoms with Gasteiger partial charge < -0.3 is 16.0 Å². The molecule has 0 aliphatic carbocycles. The minimum absolute atomic E-state index is 0.149. The zero-order valence-electron chi connectivity index (χ0n) is 12.2. The van der Waals surface area contributed by atoms with Gasteiger partial charge in [-0.1, -0.05) is 18.2 Å². The molecule has 1 aliphatic rings. The Balaban J connectivity index is 1.94. The summed E-state index contributed by atoms with van der Waals surface area (Å²) in [6.07, 6.45) is 0. The molecule has 1 amide bonds. The Morgan fingerprint density at radius 1 is 1.30 bits per heavy atom. The number of carbonyl (C=O) groups excluding carboxylic acids is 1. The number of thiophene rings is 1. The van der Waals surface area contributed by atoms with Crippen LogP contribution in [0.25, 0.3) is 0 Å². The summed E-state index contributed by atoms with van der Waals surface area (Å²) >= 11 is 6.71. The summed E-state index contributed by atoms with van der Waals surface area (Å²) in [6, 6.07) is 9.57. The molecule has 4 nitrogen and oxygen atoms in total. The lowest BCUT2D eigenvalue weighted by Gasteiger charge is -2.29. The number of thiocarbonyl (C=S) groups is 1. The number of nitrogens with one attached hydrogen (secondary N) is 3. The summed E-state index contributed by atoms with van der Waals surface area (Å²) in [5.41, 5.74) is 1.29. The van der Waals surface area contributed by atoms with Gasteiger partial charge in [-0.2, -0.15) is 0 Å². The molecule has 0 saturated carbocycles.